The van der Waals surface area contributed by atoms with Gasteiger partial charge in [-0.05, 0) is 39.7 Å². The molecular formula is C48H42GeIrN2O-2. The van der Waals surface area contributed by atoms with Crippen LogP contribution in [0.1, 0.15) is 42.0 Å². The number of para-hydroxylation sites is 2. The Labute approximate surface area is 328 Å². The van der Waals surface area contributed by atoms with Crippen LogP contribution in [0.5, 0.6) is 0 Å². The predicted molar refractivity (Wildman–Crippen MR) is 221 cm³/mol. The molecule has 0 saturated carbocycles. The molecule has 1 atom stereocenters. The maximum absolute atomic E-state index is 6.34. The number of furan rings is 1. The maximum Gasteiger partial charge on any atom is 0.120 e. The third kappa shape index (κ3) is 7.46. The van der Waals surface area contributed by atoms with E-state index in [9.17, 15) is 0 Å². The molecule has 0 aliphatic carbocycles. The van der Waals surface area contributed by atoms with Crippen molar-refractivity contribution in [3.8, 4) is 11.3 Å². The minimum atomic E-state index is -1.86. The van der Waals surface area contributed by atoms with Gasteiger partial charge in [0.1, 0.15) is 5.58 Å². The molecule has 5 heteroatoms. The van der Waals surface area contributed by atoms with Crippen LogP contribution < -0.4 is 4.40 Å². The zero-order chi connectivity index (χ0) is 35.8. The van der Waals surface area contributed by atoms with Crippen molar-refractivity contribution in [1.82, 2.24) is 4.98 Å². The summed E-state index contributed by atoms with van der Waals surface area (Å²) in [6, 6.07) is 53.0. The molecule has 1 unspecified atom stereocenters. The summed E-state index contributed by atoms with van der Waals surface area (Å²) in [5.74, 6) is 8.03. The normalized spacial score (nSPS) is 13.8. The number of fused-ring (bicyclic) bond motifs is 5. The van der Waals surface area contributed by atoms with Crippen molar-refractivity contribution in [1.29, 1.82) is 0 Å². The first-order valence-electron chi connectivity index (χ1n) is 18.2. The standard InChI is InChI=1S/C30H18NO.C18H24GeN.Ir/c1-2-9-20-18-21(17-16-19(20)8-1)28-24-11-3-5-14-26(24)31-29(28)25-13-7-12-23-22-10-4-6-15-27(22)32-30(23)25;1-14(2)11-16-12-18(15-9-7-6-8-10-15)20-13-17(16)19(3,4)5;/h1-12,14-18,28H;6-9,12-14H,11H2,1-5H3;/q2*-1;. The summed E-state index contributed by atoms with van der Waals surface area (Å²) in [5, 5.41) is 4.70. The van der Waals surface area contributed by atoms with Gasteiger partial charge in [-0.1, -0.05) is 89.8 Å². The molecule has 53 heavy (non-hydrogen) atoms. The molecule has 0 bridgehead atoms. The largest absolute Gasteiger partial charge is 0.501 e. The number of hydrogen-bond donors (Lipinski definition) is 0. The van der Waals surface area contributed by atoms with E-state index in [0.29, 0.717) is 5.92 Å². The topological polar surface area (TPSA) is 38.4 Å². The first kappa shape index (κ1) is 36.7. The average molecular weight is 928 g/mol. The van der Waals surface area contributed by atoms with Crippen LogP contribution in [0.3, 0.4) is 0 Å². The predicted octanol–water partition coefficient (Wildman–Crippen LogP) is 12.1. The van der Waals surface area contributed by atoms with Crippen LogP contribution >= 0.6 is 0 Å². The summed E-state index contributed by atoms with van der Waals surface area (Å²) in [5.41, 5.74) is 10.8. The summed E-state index contributed by atoms with van der Waals surface area (Å²) in [6.07, 6.45) is 3.27. The van der Waals surface area contributed by atoms with Gasteiger partial charge < -0.3 is 4.42 Å². The molecule has 265 valence electrons. The number of rotatable bonds is 6. The summed E-state index contributed by atoms with van der Waals surface area (Å²) in [6.45, 7) is 4.57. The van der Waals surface area contributed by atoms with Gasteiger partial charge in [0, 0.05) is 31.4 Å². The van der Waals surface area contributed by atoms with Crippen molar-refractivity contribution in [2.24, 2.45) is 10.9 Å². The molecule has 0 spiro atoms. The Morgan fingerprint density at radius 3 is 2.28 bits per heavy atom. The second-order valence-corrected chi connectivity index (χ2v) is 25.7. The SMILES string of the molecule is CC(C)Cc1cc(-c2[c-]cccc2)nc[c]1[Ge]([CH3])([CH3])[CH3].[Ir].[c-]1ccc2c(oc3ccccc32)c1C1=Nc2ccccc2C1c1ccc2ccccc2c1. The van der Waals surface area contributed by atoms with Gasteiger partial charge in [0.15, 0.2) is 0 Å². The van der Waals surface area contributed by atoms with Crippen molar-refractivity contribution in [3.05, 3.63) is 174 Å². The zero-order valence-electron chi connectivity index (χ0n) is 30.8. The summed E-state index contributed by atoms with van der Waals surface area (Å²) in [4.78, 5) is 9.80. The van der Waals surface area contributed by atoms with Crippen LogP contribution in [0.25, 0.3) is 44.0 Å². The Bertz CT molecular complexity index is 2580. The third-order valence-electron chi connectivity index (χ3n) is 9.87. The number of aliphatic imine (C=N–C) groups is 1. The van der Waals surface area contributed by atoms with E-state index in [-0.39, 0.29) is 26.0 Å². The minimum Gasteiger partial charge on any atom is -0.501 e. The molecule has 1 radical (unpaired) electrons. The van der Waals surface area contributed by atoms with Gasteiger partial charge in [-0.15, -0.1) is 18.2 Å². The molecule has 3 heterocycles. The van der Waals surface area contributed by atoms with E-state index in [1.165, 1.54) is 27.5 Å². The second kappa shape index (κ2) is 15.4. The molecule has 1 aliphatic rings. The molecule has 3 nitrogen and oxygen atoms in total. The summed E-state index contributed by atoms with van der Waals surface area (Å²) in [7, 11) is 0. The second-order valence-electron chi connectivity index (χ2n) is 15.1. The number of benzene rings is 6. The van der Waals surface area contributed by atoms with E-state index in [0.717, 1.165) is 56.6 Å². The van der Waals surface area contributed by atoms with Gasteiger partial charge in [0.05, 0.1) is 11.3 Å². The van der Waals surface area contributed by atoms with Gasteiger partial charge >= 0.3 is 126 Å². The third-order valence-corrected chi connectivity index (χ3v) is 14.2. The Hall–Kier alpha value is -4.61. The Balaban J connectivity index is 0.000000180. The van der Waals surface area contributed by atoms with E-state index < -0.39 is 13.3 Å². The van der Waals surface area contributed by atoms with E-state index in [1.807, 2.05) is 42.5 Å². The van der Waals surface area contributed by atoms with Crippen LogP contribution in [-0.2, 0) is 26.5 Å². The van der Waals surface area contributed by atoms with Crippen molar-refractivity contribution < 1.29 is 24.5 Å². The number of pyridine rings is 1. The van der Waals surface area contributed by atoms with Gasteiger partial charge in [-0.25, -0.2) is 0 Å². The van der Waals surface area contributed by atoms with E-state index in [1.54, 1.807) is 4.40 Å². The zero-order valence-corrected chi connectivity index (χ0v) is 35.3. The van der Waals surface area contributed by atoms with Crippen LogP contribution in [-0.4, -0.2) is 24.0 Å². The molecular weight excluding hydrogens is 885 g/mol. The maximum atomic E-state index is 6.34. The first-order valence-corrected chi connectivity index (χ1v) is 25.5. The fourth-order valence-electron chi connectivity index (χ4n) is 7.46. The van der Waals surface area contributed by atoms with Gasteiger partial charge in [0.25, 0.3) is 0 Å². The molecule has 0 N–H and O–H groups in total. The number of aromatic nitrogens is 1. The number of hydrogen-bond acceptors (Lipinski definition) is 3. The molecule has 0 amide bonds. The molecule has 0 fully saturated rings. The Kier molecular flexibility index (Phi) is 10.7. The van der Waals surface area contributed by atoms with Gasteiger partial charge in [-0.3, -0.25) is 4.99 Å². The average Bonchev–Trinajstić information content (AvgIpc) is 3.74. The van der Waals surface area contributed by atoms with E-state index in [4.69, 9.17) is 14.4 Å². The summed E-state index contributed by atoms with van der Waals surface area (Å²) < 4.78 is 7.88. The van der Waals surface area contributed by atoms with Crippen LogP contribution in [0, 0.1) is 18.1 Å². The minimum absolute atomic E-state index is 0. The molecule has 9 rings (SSSR count). The van der Waals surface area contributed by atoms with Crippen molar-refractivity contribution in [2.45, 2.75) is 43.5 Å². The fourth-order valence-corrected chi connectivity index (χ4v) is 10.8. The Morgan fingerprint density at radius 2 is 1.49 bits per heavy atom. The monoisotopic (exact) mass is 929 g/mol. The van der Waals surface area contributed by atoms with Crippen molar-refractivity contribution in [2.75, 3.05) is 0 Å². The smallest absolute Gasteiger partial charge is 0.120 e. The number of nitrogens with zero attached hydrogens (tertiary/aromatic N) is 2. The molecule has 2 aromatic heterocycles. The van der Waals surface area contributed by atoms with Crippen LogP contribution in [0.4, 0.5) is 5.69 Å². The van der Waals surface area contributed by atoms with Crippen molar-refractivity contribution in [3.63, 3.8) is 0 Å². The van der Waals surface area contributed by atoms with Gasteiger partial charge in [-0.2, -0.15) is 0 Å². The molecule has 8 aromatic rings. The first-order chi connectivity index (χ1) is 25.2. The Morgan fingerprint density at radius 1 is 0.736 bits per heavy atom. The van der Waals surface area contributed by atoms with Gasteiger partial charge in [0.2, 0.25) is 0 Å². The van der Waals surface area contributed by atoms with Crippen molar-refractivity contribution >= 4 is 61.8 Å². The quantitative estimate of drug-likeness (QED) is 0.123. The molecule has 6 aromatic carbocycles. The van der Waals surface area contributed by atoms with E-state index >= 15 is 0 Å². The molecule has 1 aliphatic heterocycles. The molecule has 0 saturated heterocycles. The summed E-state index contributed by atoms with van der Waals surface area (Å²) >= 11 is -1.86. The van der Waals surface area contributed by atoms with Crippen LogP contribution in [0.2, 0.25) is 17.3 Å². The van der Waals surface area contributed by atoms with E-state index in [2.05, 4.69) is 140 Å². The fraction of sp³-hybridized carbons (Fsp3) is 0.167. The van der Waals surface area contributed by atoms with Crippen LogP contribution in [0.15, 0.2) is 149 Å².